The van der Waals surface area contributed by atoms with Gasteiger partial charge < -0.3 is 15.0 Å². The molecule has 0 spiro atoms. The summed E-state index contributed by atoms with van der Waals surface area (Å²) in [4.78, 5) is 16.1. The zero-order valence-electron chi connectivity index (χ0n) is 16.7. The van der Waals surface area contributed by atoms with Crippen molar-refractivity contribution in [1.29, 1.82) is 0 Å². The molecule has 0 aromatic carbocycles. The summed E-state index contributed by atoms with van der Waals surface area (Å²) in [5.74, 6) is -0.256. The number of nitrogens with zero attached hydrogens (tertiary/aromatic N) is 1. The summed E-state index contributed by atoms with van der Waals surface area (Å²) in [5, 5.41) is 4.97. The van der Waals surface area contributed by atoms with Gasteiger partial charge in [0, 0.05) is 17.0 Å². The van der Waals surface area contributed by atoms with E-state index in [2.05, 4.69) is 37.9 Å². The molecule has 4 nitrogen and oxygen atoms in total. The molecule has 2 rings (SSSR count). The lowest BCUT2D eigenvalue weighted by molar-refractivity contribution is 0.0601. The van der Waals surface area contributed by atoms with E-state index >= 15 is 0 Å². The summed E-state index contributed by atoms with van der Waals surface area (Å²) in [7, 11) is 1.45. The van der Waals surface area contributed by atoms with Crippen LogP contribution in [0.3, 0.4) is 0 Å². The summed E-state index contributed by atoms with van der Waals surface area (Å²) in [5.41, 5.74) is 1.87. The molecule has 0 amide bonds. The average Bonchev–Trinajstić information content (AvgIpc) is 2.81. The van der Waals surface area contributed by atoms with Gasteiger partial charge in [-0.3, -0.25) is 0 Å². The maximum absolute atomic E-state index is 12.5. The molecule has 0 radical (unpaired) electrons. The smallest absolute Gasteiger partial charge is 0.341 e. The zero-order valence-corrected chi connectivity index (χ0v) is 18.3. The van der Waals surface area contributed by atoms with Gasteiger partial charge in [-0.25, -0.2) is 4.79 Å². The molecule has 1 heterocycles. The second kappa shape index (κ2) is 9.70. The van der Waals surface area contributed by atoms with E-state index in [1.165, 1.54) is 30.4 Å². The van der Waals surface area contributed by atoms with Crippen LogP contribution in [0.4, 0.5) is 5.00 Å². The third-order valence-corrected chi connectivity index (χ3v) is 6.92. The molecule has 1 aromatic heterocycles. The summed E-state index contributed by atoms with van der Waals surface area (Å²) >= 11 is 7.44. The first-order valence-corrected chi connectivity index (χ1v) is 11.0. The van der Waals surface area contributed by atoms with E-state index in [1.54, 1.807) is 11.3 Å². The SMILES string of the molecule is CCC(C)N(C(=S)Nc1sc2c(c1C(=O)OC)CCCCC2)C(C)CC. The van der Waals surface area contributed by atoms with Crippen LogP contribution in [0, 0.1) is 0 Å². The number of esters is 1. The largest absolute Gasteiger partial charge is 0.465 e. The van der Waals surface area contributed by atoms with Gasteiger partial charge in [-0.2, -0.15) is 0 Å². The van der Waals surface area contributed by atoms with Crippen LogP contribution in [0.2, 0.25) is 0 Å². The molecular formula is C20H32N2O2S2. The molecular weight excluding hydrogens is 364 g/mol. The molecule has 0 fully saturated rings. The standard InChI is InChI=1S/C20H32N2O2S2/c1-6-13(3)22(14(4)7-2)20(25)21-18-17(19(23)24-5)15-11-9-8-10-12-16(15)26-18/h13-14H,6-12H2,1-5H3,(H,21,25). The highest BCUT2D eigenvalue weighted by atomic mass is 32.1. The van der Waals surface area contributed by atoms with Gasteiger partial charge in [-0.05, 0) is 70.2 Å². The maximum atomic E-state index is 12.5. The Morgan fingerprint density at radius 2 is 1.81 bits per heavy atom. The van der Waals surface area contributed by atoms with Gasteiger partial charge in [0.2, 0.25) is 0 Å². The maximum Gasteiger partial charge on any atom is 0.341 e. The number of hydrogen-bond donors (Lipinski definition) is 1. The third kappa shape index (κ3) is 4.58. The topological polar surface area (TPSA) is 41.6 Å². The van der Waals surface area contributed by atoms with Crippen LogP contribution < -0.4 is 5.32 Å². The van der Waals surface area contributed by atoms with E-state index in [0.717, 1.165) is 37.1 Å². The van der Waals surface area contributed by atoms with Crippen molar-refractivity contribution in [2.45, 2.75) is 84.7 Å². The van der Waals surface area contributed by atoms with Crippen molar-refractivity contribution in [1.82, 2.24) is 4.90 Å². The first-order chi connectivity index (χ1) is 12.4. The minimum Gasteiger partial charge on any atom is -0.465 e. The Kier molecular flexibility index (Phi) is 7.89. The number of hydrogen-bond acceptors (Lipinski definition) is 4. The van der Waals surface area contributed by atoms with E-state index in [4.69, 9.17) is 17.0 Å². The number of methoxy groups -OCH3 is 1. The van der Waals surface area contributed by atoms with E-state index in [1.807, 2.05) is 0 Å². The monoisotopic (exact) mass is 396 g/mol. The summed E-state index contributed by atoms with van der Waals surface area (Å²) in [6, 6.07) is 0.702. The van der Waals surface area contributed by atoms with Crippen LogP contribution in [-0.4, -0.2) is 35.2 Å². The van der Waals surface area contributed by atoms with E-state index < -0.39 is 0 Å². The fourth-order valence-electron chi connectivity index (χ4n) is 3.54. The lowest BCUT2D eigenvalue weighted by Gasteiger charge is -2.36. The molecule has 0 saturated carbocycles. The van der Waals surface area contributed by atoms with Gasteiger partial charge in [0.15, 0.2) is 5.11 Å². The summed E-state index contributed by atoms with van der Waals surface area (Å²) in [6.45, 7) is 8.75. The van der Waals surface area contributed by atoms with Gasteiger partial charge in [0.25, 0.3) is 0 Å². The number of nitrogens with one attached hydrogen (secondary N) is 1. The molecule has 26 heavy (non-hydrogen) atoms. The fourth-order valence-corrected chi connectivity index (χ4v) is 5.34. The number of ether oxygens (including phenoxy) is 1. The Hall–Kier alpha value is -1.14. The highest BCUT2D eigenvalue weighted by molar-refractivity contribution is 7.80. The van der Waals surface area contributed by atoms with Crippen LogP contribution in [0.25, 0.3) is 0 Å². The number of thiocarbonyl (C=S) groups is 1. The van der Waals surface area contributed by atoms with Crippen LogP contribution in [-0.2, 0) is 17.6 Å². The lowest BCUT2D eigenvalue weighted by atomic mass is 10.1. The molecule has 0 bridgehead atoms. The normalized spacial score (nSPS) is 16.2. The number of anilines is 1. The van der Waals surface area contributed by atoms with Gasteiger partial charge in [-0.15, -0.1) is 11.3 Å². The Morgan fingerprint density at radius 3 is 2.38 bits per heavy atom. The minimum absolute atomic E-state index is 0.256. The van der Waals surface area contributed by atoms with Crippen molar-refractivity contribution in [3.05, 3.63) is 16.0 Å². The second-order valence-electron chi connectivity index (χ2n) is 7.11. The minimum atomic E-state index is -0.256. The van der Waals surface area contributed by atoms with Crippen LogP contribution in [0.1, 0.15) is 80.6 Å². The quantitative estimate of drug-likeness (QED) is 0.396. The Labute approximate surface area is 167 Å². The zero-order chi connectivity index (χ0) is 19.3. The Morgan fingerprint density at radius 1 is 1.19 bits per heavy atom. The first-order valence-electron chi connectivity index (χ1n) is 9.76. The van der Waals surface area contributed by atoms with Crippen molar-refractivity contribution in [3.8, 4) is 0 Å². The molecule has 146 valence electrons. The molecule has 0 aliphatic heterocycles. The molecule has 1 aliphatic rings. The number of fused-ring (bicyclic) bond motifs is 1. The Bertz CT molecular complexity index is 632. The van der Waals surface area contributed by atoms with Crippen molar-refractivity contribution in [2.75, 3.05) is 12.4 Å². The predicted molar refractivity (Wildman–Crippen MR) is 114 cm³/mol. The number of thiophene rings is 1. The number of carbonyl (C=O) groups excluding carboxylic acids is 1. The average molecular weight is 397 g/mol. The highest BCUT2D eigenvalue weighted by Crippen LogP contribution is 2.38. The molecule has 1 aromatic rings. The summed E-state index contributed by atoms with van der Waals surface area (Å²) < 4.78 is 5.09. The molecule has 1 N–H and O–H groups in total. The van der Waals surface area contributed by atoms with Crippen LogP contribution in [0.5, 0.6) is 0 Å². The highest BCUT2D eigenvalue weighted by Gasteiger charge is 2.28. The third-order valence-electron chi connectivity index (χ3n) is 5.40. The second-order valence-corrected chi connectivity index (χ2v) is 8.60. The molecule has 1 aliphatic carbocycles. The van der Waals surface area contributed by atoms with Gasteiger partial charge in [0.05, 0.1) is 12.7 Å². The molecule has 2 atom stereocenters. The summed E-state index contributed by atoms with van der Waals surface area (Å²) in [6.07, 6.45) is 7.57. The lowest BCUT2D eigenvalue weighted by Crippen LogP contribution is -2.46. The van der Waals surface area contributed by atoms with E-state index in [-0.39, 0.29) is 5.97 Å². The molecule has 2 unspecified atom stereocenters. The number of rotatable bonds is 6. The van der Waals surface area contributed by atoms with Gasteiger partial charge >= 0.3 is 5.97 Å². The predicted octanol–water partition coefficient (Wildman–Crippen LogP) is 5.40. The van der Waals surface area contributed by atoms with Gasteiger partial charge in [0.1, 0.15) is 5.00 Å². The van der Waals surface area contributed by atoms with Crippen LogP contribution in [0.15, 0.2) is 0 Å². The first kappa shape index (κ1) is 21.2. The van der Waals surface area contributed by atoms with Crippen molar-refractivity contribution < 1.29 is 9.53 Å². The van der Waals surface area contributed by atoms with Crippen molar-refractivity contribution in [2.24, 2.45) is 0 Å². The van der Waals surface area contributed by atoms with Crippen LogP contribution >= 0.6 is 23.6 Å². The Balaban J connectivity index is 2.35. The van der Waals surface area contributed by atoms with Crippen molar-refractivity contribution in [3.63, 3.8) is 0 Å². The fraction of sp³-hybridized carbons (Fsp3) is 0.700. The molecule has 6 heteroatoms. The van der Waals surface area contributed by atoms with E-state index in [0.29, 0.717) is 22.8 Å². The number of carbonyl (C=O) groups is 1. The van der Waals surface area contributed by atoms with E-state index in [9.17, 15) is 4.79 Å². The molecule has 0 saturated heterocycles. The van der Waals surface area contributed by atoms with Crippen molar-refractivity contribution >= 4 is 39.6 Å². The number of aryl methyl sites for hydroxylation is 1. The van der Waals surface area contributed by atoms with Gasteiger partial charge in [-0.1, -0.05) is 20.3 Å².